The van der Waals surface area contributed by atoms with Crippen LogP contribution >= 0.6 is 11.8 Å². The summed E-state index contributed by atoms with van der Waals surface area (Å²) in [5.74, 6) is 1.89. The fraction of sp³-hybridized carbons (Fsp3) is 0.269. The minimum atomic E-state index is -0.281. The number of ether oxygens (including phenoxy) is 2. The van der Waals surface area contributed by atoms with Gasteiger partial charge >= 0.3 is 0 Å². The second-order valence-corrected chi connectivity index (χ2v) is 8.71. The second-order valence-electron chi connectivity index (χ2n) is 7.65. The lowest BCUT2D eigenvalue weighted by atomic mass is 10.1. The van der Waals surface area contributed by atoms with E-state index in [4.69, 9.17) is 9.47 Å². The summed E-state index contributed by atoms with van der Waals surface area (Å²) < 4.78 is 27.6. The van der Waals surface area contributed by atoms with Gasteiger partial charge < -0.3 is 14.8 Å². The summed E-state index contributed by atoms with van der Waals surface area (Å²) in [6, 6.07) is 22.3. The normalized spacial score (nSPS) is 10.9. The molecule has 0 aliphatic rings. The molecule has 182 valence electrons. The molecule has 0 bridgehead atoms. The maximum absolute atomic E-state index is 14.0. The molecule has 1 aromatic heterocycles. The highest BCUT2D eigenvalue weighted by molar-refractivity contribution is 7.99. The highest BCUT2D eigenvalue weighted by Crippen LogP contribution is 2.32. The monoisotopic (exact) mass is 493 g/mol. The molecule has 0 unspecified atom stereocenters. The molecular weight excluding hydrogens is 465 g/mol. The summed E-state index contributed by atoms with van der Waals surface area (Å²) >= 11 is 1.62. The number of hydrogen-bond acceptors (Lipinski definition) is 7. The van der Waals surface area contributed by atoms with Crippen LogP contribution in [0, 0.1) is 5.82 Å². The van der Waals surface area contributed by atoms with E-state index >= 15 is 0 Å². The number of aromatic nitrogens is 4. The lowest BCUT2D eigenvalue weighted by molar-refractivity contribution is 0.262. The molecule has 0 amide bonds. The van der Waals surface area contributed by atoms with Gasteiger partial charge in [-0.1, -0.05) is 60.3 Å². The molecular formula is C26H28FN5O2S. The second kappa shape index (κ2) is 12.9. The quantitative estimate of drug-likeness (QED) is 0.206. The lowest BCUT2D eigenvalue weighted by Gasteiger charge is -2.17. The van der Waals surface area contributed by atoms with Crippen molar-refractivity contribution in [2.24, 2.45) is 0 Å². The van der Waals surface area contributed by atoms with Gasteiger partial charge in [-0.05, 0) is 54.6 Å². The van der Waals surface area contributed by atoms with Crippen molar-refractivity contribution in [3.05, 3.63) is 89.7 Å². The molecule has 1 N–H and O–H groups in total. The summed E-state index contributed by atoms with van der Waals surface area (Å²) in [4.78, 5) is 0. The minimum absolute atomic E-state index is 0.135. The first-order chi connectivity index (χ1) is 17.3. The van der Waals surface area contributed by atoms with E-state index in [1.807, 2.05) is 55.5 Å². The molecule has 0 aliphatic carbocycles. The molecule has 1 heterocycles. The van der Waals surface area contributed by atoms with Gasteiger partial charge in [0.1, 0.15) is 12.4 Å². The molecule has 3 aromatic carbocycles. The Morgan fingerprint density at radius 3 is 2.57 bits per heavy atom. The van der Waals surface area contributed by atoms with Crippen molar-refractivity contribution in [2.45, 2.75) is 31.7 Å². The molecule has 0 atom stereocenters. The van der Waals surface area contributed by atoms with E-state index in [0.29, 0.717) is 30.2 Å². The summed E-state index contributed by atoms with van der Waals surface area (Å²) in [5, 5.41) is 16.3. The summed E-state index contributed by atoms with van der Waals surface area (Å²) in [7, 11) is 0. The smallest absolute Gasteiger partial charge is 0.214 e. The van der Waals surface area contributed by atoms with Crippen LogP contribution in [0.15, 0.2) is 78.0 Å². The number of para-hydroxylation sites is 2. The van der Waals surface area contributed by atoms with Crippen LogP contribution in [-0.2, 0) is 13.2 Å². The van der Waals surface area contributed by atoms with Gasteiger partial charge in [-0.3, -0.25) is 0 Å². The van der Waals surface area contributed by atoms with E-state index in [-0.39, 0.29) is 12.4 Å². The summed E-state index contributed by atoms with van der Waals surface area (Å²) in [6.07, 6.45) is 0.933. The van der Waals surface area contributed by atoms with Crippen molar-refractivity contribution in [2.75, 3.05) is 18.9 Å². The molecule has 35 heavy (non-hydrogen) atoms. The maximum Gasteiger partial charge on any atom is 0.214 e. The molecule has 4 rings (SSSR count). The van der Waals surface area contributed by atoms with E-state index in [0.717, 1.165) is 35.1 Å². The third kappa shape index (κ3) is 6.80. The van der Waals surface area contributed by atoms with E-state index in [1.54, 1.807) is 34.6 Å². The third-order valence-corrected chi connectivity index (χ3v) is 6.18. The van der Waals surface area contributed by atoms with Gasteiger partial charge in [0.05, 0.1) is 12.3 Å². The van der Waals surface area contributed by atoms with Crippen LogP contribution in [0.3, 0.4) is 0 Å². The first-order valence-electron chi connectivity index (χ1n) is 11.5. The van der Waals surface area contributed by atoms with Crippen molar-refractivity contribution in [1.29, 1.82) is 0 Å². The van der Waals surface area contributed by atoms with E-state index in [1.165, 1.54) is 6.07 Å². The predicted molar refractivity (Wildman–Crippen MR) is 135 cm³/mol. The van der Waals surface area contributed by atoms with Crippen LogP contribution in [0.1, 0.15) is 24.5 Å². The van der Waals surface area contributed by atoms with Gasteiger partial charge in [0.15, 0.2) is 11.5 Å². The average Bonchev–Trinajstić information content (AvgIpc) is 3.36. The molecule has 0 fully saturated rings. The average molecular weight is 494 g/mol. The summed E-state index contributed by atoms with van der Waals surface area (Å²) in [6.45, 7) is 4.01. The van der Waals surface area contributed by atoms with Crippen molar-refractivity contribution in [3.8, 4) is 17.2 Å². The predicted octanol–water partition coefficient (Wildman–Crippen LogP) is 5.05. The number of nitrogens with one attached hydrogen (secondary N) is 1. The Bertz CT molecular complexity index is 1210. The standard InChI is InChI=1S/C26H28FN5O2S/c1-2-33-24-15-8-11-20(25(24)34-19-21-10-6-7-14-23(21)27)18-28-16-9-17-35-26-29-30-31-32(26)22-12-4-3-5-13-22/h3-8,10-15,28H,2,9,16-19H2,1H3. The highest BCUT2D eigenvalue weighted by atomic mass is 32.2. The largest absolute Gasteiger partial charge is 0.490 e. The molecule has 9 heteroatoms. The SMILES string of the molecule is CCOc1cccc(CNCCCSc2nnnn2-c2ccccc2)c1OCc1ccccc1F. The van der Waals surface area contributed by atoms with Crippen molar-refractivity contribution >= 4 is 11.8 Å². The molecule has 0 spiro atoms. The van der Waals surface area contributed by atoms with Crippen molar-refractivity contribution < 1.29 is 13.9 Å². The maximum atomic E-state index is 14.0. The Morgan fingerprint density at radius 1 is 0.943 bits per heavy atom. The van der Waals surface area contributed by atoms with Gasteiger partial charge in [-0.2, -0.15) is 4.68 Å². The zero-order chi connectivity index (χ0) is 24.3. The van der Waals surface area contributed by atoms with Gasteiger partial charge in [0.25, 0.3) is 0 Å². The molecule has 7 nitrogen and oxygen atoms in total. The number of hydrogen-bond donors (Lipinski definition) is 1. The molecule has 0 radical (unpaired) electrons. The number of thioether (sulfide) groups is 1. The van der Waals surface area contributed by atoms with Crippen LogP contribution in [0.25, 0.3) is 5.69 Å². The third-order valence-electron chi connectivity index (χ3n) is 5.18. The van der Waals surface area contributed by atoms with Crippen LogP contribution < -0.4 is 14.8 Å². The van der Waals surface area contributed by atoms with Gasteiger partial charge in [-0.25, -0.2) is 4.39 Å². The topological polar surface area (TPSA) is 74.1 Å². The van der Waals surface area contributed by atoms with Crippen molar-refractivity contribution in [3.63, 3.8) is 0 Å². The number of nitrogens with zero attached hydrogens (tertiary/aromatic N) is 4. The van der Waals surface area contributed by atoms with Gasteiger partial charge in [-0.15, -0.1) is 5.10 Å². The zero-order valence-corrected chi connectivity index (χ0v) is 20.4. The zero-order valence-electron chi connectivity index (χ0n) is 19.6. The van der Waals surface area contributed by atoms with Gasteiger partial charge in [0.2, 0.25) is 5.16 Å². The number of tetrazole rings is 1. The van der Waals surface area contributed by atoms with Crippen LogP contribution in [0.5, 0.6) is 11.5 Å². The Balaban J connectivity index is 1.29. The fourth-order valence-electron chi connectivity index (χ4n) is 3.48. The minimum Gasteiger partial charge on any atom is -0.490 e. The fourth-order valence-corrected chi connectivity index (χ4v) is 4.31. The summed E-state index contributed by atoms with van der Waals surface area (Å²) in [5.41, 5.74) is 2.41. The number of benzene rings is 3. The van der Waals surface area contributed by atoms with Crippen LogP contribution in [0.4, 0.5) is 4.39 Å². The number of halogens is 1. The first-order valence-corrected chi connectivity index (χ1v) is 12.5. The Kier molecular flexibility index (Phi) is 9.08. The first kappa shape index (κ1) is 24.7. The molecule has 0 saturated carbocycles. The van der Waals surface area contributed by atoms with Crippen LogP contribution in [-0.4, -0.2) is 39.1 Å². The molecule has 0 saturated heterocycles. The molecule has 4 aromatic rings. The van der Waals surface area contributed by atoms with E-state index in [9.17, 15) is 4.39 Å². The highest BCUT2D eigenvalue weighted by Gasteiger charge is 2.13. The Hall–Kier alpha value is -3.43. The Labute approximate surface area is 208 Å². The lowest BCUT2D eigenvalue weighted by Crippen LogP contribution is -2.16. The number of rotatable bonds is 13. The molecule has 0 aliphatic heterocycles. The van der Waals surface area contributed by atoms with E-state index in [2.05, 4.69) is 20.8 Å². The van der Waals surface area contributed by atoms with Gasteiger partial charge in [0, 0.05) is 23.4 Å². The van der Waals surface area contributed by atoms with Crippen LogP contribution in [0.2, 0.25) is 0 Å². The Morgan fingerprint density at radius 2 is 1.74 bits per heavy atom. The van der Waals surface area contributed by atoms with Crippen molar-refractivity contribution in [1.82, 2.24) is 25.5 Å². The van der Waals surface area contributed by atoms with E-state index < -0.39 is 0 Å².